The van der Waals surface area contributed by atoms with E-state index in [0.29, 0.717) is 6.04 Å². The summed E-state index contributed by atoms with van der Waals surface area (Å²) in [7, 11) is 0. The average Bonchev–Trinajstić information content (AvgIpc) is 2.64. The van der Waals surface area contributed by atoms with Gasteiger partial charge in [-0.05, 0) is 36.9 Å². The van der Waals surface area contributed by atoms with Crippen molar-refractivity contribution in [1.29, 1.82) is 0 Å². The highest BCUT2D eigenvalue weighted by atomic mass is 16.3. The first-order valence-electron chi connectivity index (χ1n) is 7.85. The normalized spacial score (nSPS) is 17.8. The number of nitrogens with one attached hydrogen (secondary N) is 1. The molecule has 1 aromatic rings. The molecule has 3 nitrogen and oxygen atoms in total. The zero-order chi connectivity index (χ0) is 14.4. The number of hydrogen-bond donors (Lipinski definition) is 2. The fourth-order valence-electron chi connectivity index (χ4n) is 3.00. The Hall–Kier alpha value is -0.900. The molecule has 1 atom stereocenters. The smallest absolute Gasteiger partial charge is 0.0585 e. The topological polar surface area (TPSA) is 35.5 Å². The lowest BCUT2D eigenvalue weighted by molar-refractivity contribution is 0.197. The van der Waals surface area contributed by atoms with Crippen molar-refractivity contribution in [3.05, 3.63) is 35.4 Å². The predicted molar refractivity (Wildman–Crippen MR) is 83.8 cm³/mol. The molecular weight excluding hydrogens is 248 g/mol. The maximum absolute atomic E-state index is 9.44. The second kappa shape index (κ2) is 7.77. The number of nitrogens with zero attached hydrogens (tertiary/aromatic N) is 1. The van der Waals surface area contributed by atoms with Crippen LogP contribution in [0, 0.1) is 0 Å². The number of benzene rings is 1. The maximum atomic E-state index is 9.44. The predicted octanol–water partition coefficient (Wildman–Crippen LogP) is 2.18. The number of rotatable bonds is 6. The highest BCUT2D eigenvalue weighted by Crippen LogP contribution is 2.18. The Labute approximate surface area is 123 Å². The van der Waals surface area contributed by atoms with Gasteiger partial charge >= 0.3 is 0 Å². The quantitative estimate of drug-likeness (QED) is 0.836. The number of aliphatic hydroxyl groups is 1. The highest BCUT2D eigenvalue weighted by Gasteiger charge is 2.16. The van der Waals surface area contributed by atoms with Crippen molar-refractivity contribution in [3.63, 3.8) is 0 Å². The summed E-state index contributed by atoms with van der Waals surface area (Å²) in [6.45, 7) is 7.75. The van der Waals surface area contributed by atoms with Crippen LogP contribution in [0.5, 0.6) is 0 Å². The zero-order valence-electron chi connectivity index (χ0n) is 12.8. The molecule has 0 saturated heterocycles. The van der Waals surface area contributed by atoms with E-state index in [2.05, 4.69) is 48.3 Å². The molecule has 0 aromatic heterocycles. The molecule has 1 aliphatic heterocycles. The van der Waals surface area contributed by atoms with Crippen LogP contribution >= 0.6 is 0 Å². The van der Waals surface area contributed by atoms with E-state index in [1.807, 2.05) is 0 Å². The summed E-state index contributed by atoms with van der Waals surface area (Å²) in [5.74, 6) is 0. The Morgan fingerprint density at radius 2 is 2.00 bits per heavy atom. The number of aryl methyl sites for hydroxylation is 1. The van der Waals surface area contributed by atoms with E-state index in [1.165, 1.54) is 24.0 Å². The summed E-state index contributed by atoms with van der Waals surface area (Å²) >= 11 is 0. The lowest BCUT2D eigenvalue weighted by atomic mass is 10.0. The highest BCUT2D eigenvalue weighted by molar-refractivity contribution is 5.27. The van der Waals surface area contributed by atoms with E-state index in [9.17, 15) is 5.11 Å². The van der Waals surface area contributed by atoms with Crippen molar-refractivity contribution < 1.29 is 5.11 Å². The van der Waals surface area contributed by atoms with Crippen molar-refractivity contribution in [3.8, 4) is 0 Å². The zero-order valence-corrected chi connectivity index (χ0v) is 12.8. The van der Waals surface area contributed by atoms with Crippen LogP contribution in [0.1, 0.15) is 37.8 Å². The fourth-order valence-corrected chi connectivity index (χ4v) is 3.00. The summed E-state index contributed by atoms with van der Waals surface area (Å²) < 4.78 is 0. The average molecular weight is 276 g/mol. The van der Waals surface area contributed by atoms with Crippen molar-refractivity contribution in [2.45, 2.75) is 51.7 Å². The van der Waals surface area contributed by atoms with Gasteiger partial charge in [0, 0.05) is 25.2 Å². The fraction of sp³-hybridized carbons (Fsp3) is 0.647. The monoisotopic (exact) mass is 276 g/mol. The molecule has 0 radical (unpaired) electrons. The lowest BCUT2D eigenvalue weighted by Crippen LogP contribution is -2.40. The van der Waals surface area contributed by atoms with Gasteiger partial charge in [0.25, 0.3) is 0 Å². The SMILES string of the molecule is CC(C)NC(CO)CCN1CCCc2ccccc2C1. The minimum atomic E-state index is 0.216. The Morgan fingerprint density at radius 1 is 1.25 bits per heavy atom. The van der Waals surface area contributed by atoms with Crippen molar-refractivity contribution in [2.75, 3.05) is 19.7 Å². The molecule has 20 heavy (non-hydrogen) atoms. The number of hydrogen-bond acceptors (Lipinski definition) is 3. The minimum Gasteiger partial charge on any atom is -0.395 e. The van der Waals surface area contributed by atoms with Crippen LogP contribution in [0.15, 0.2) is 24.3 Å². The molecule has 2 N–H and O–H groups in total. The van der Waals surface area contributed by atoms with Crippen LogP contribution in [0.4, 0.5) is 0 Å². The number of aliphatic hydroxyl groups excluding tert-OH is 1. The molecule has 112 valence electrons. The van der Waals surface area contributed by atoms with Crippen LogP contribution in [0.25, 0.3) is 0 Å². The molecule has 1 unspecified atom stereocenters. The lowest BCUT2D eigenvalue weighted by Gasteiger charge is -2.25. The van der Waals surface area contributed by atoms with Crippen LogP contribution in [-0.2, 0) is 13.0 Å². The number of fused-ring (bicyclic) bond motifs is 1. The van der Waals surface area contributed by atoms with Crippen LogP contribution < -0.4 is 5.32 Å². The molecule has 1 aromatic carbocycles. The summed E-state index contributed by atoms with van der Waals surface area (Å²) in [6.07, 6.45) is 3.44. The first-order chi connectivity index (χ1) is 9.69. The third-order valence-electron chi connectivity index (χ3n) is 4.02. The second-order valence-corrected chi connectivity index (χ2v) is 6.14. The van der Waals surface area contributed by atoms with Gasteiger partial charge in [-0.15, -0.1) is 0 Å². The van der Waals surface area contributed by atoms with Gasteiger partial charge in [0.05, 0.1) is 6.61 Å². The van der Waals surface area contributed by atoms with Gasteiger partial charge < -0.3 is 10.4 Å². The molecule has 2 rings (SSSR count). The molecule has 0 amide bonds. The Bertz CT molecular complexity index is 406. The summed E-state index contributed by atoms with van der Waals surface area (Å²) in [6, 6.07) is 9.44. The minimum absolute atomic E-state index is 0.216. The van der Waals surface area contributed by atoms with Gasteiger partial charge in [0.1, 0.15) is 0 Å². The molecular formula is C17H28N2O. The first kappa shape index (κ1) is 15.5. The molecule has 1 heterocycles. The van der Waals surface area contributed by atoms with E-state index >= 15 is 0 Å². The van der Waals surface area contributed by atoms with Crippen molar-refractivity contribution in [2.24, 2.45) is 0 Å². The van der Waals surface area contributed by atoms with Gasteiger partial charge in [-0.25, -0.2) is 0 Å². The van der Waals surface area contributed by atoms with E-state index in [0.717, 1.165) is 26.1 Å². The van der Waals surface area contributed by atoms with Gasteiger partial charge in [0.15, 0.2) is 0 Å². The molecule has 0 bridgehead atoms. The van der Waals surface area contributed by atoms with Crippen molar-refractivity contribution >= 4 is 0 Å². The van der Waals surface area contributed by atoms with Crippen LogP contribution in [0.3, 0.4) is 0 Å². The Balaban J connectivity index is 1.87. The molecule has 3 heteroatoms. The maximum Gasteiger partial charge on any atom is 0.0585 e. The molecule has 0 spiro atoms. The second-order valence-electron chi connectivity index (χ2n) is 6.14. The van der Waals surface area contributed by atoms with Gasteiger partial charge in [-0.3, -0.25) is 4.90 Å². The molecule has 0 aliphatic carbocycles. The van der Waals surface area contributed by atoms with E-state index in [1.54, 1.807) is 0 Å². The first-order valence-corrected chi connectivity index (χ1v) is 7.85. The van der Waals surface area contributed by atoms with E-state index in [-0.39, 0.29) is 12.6 Å². The van der Waals surface area contributed by atoms with Gasteiger partial charge in [-0.1, -0.05) is 38.1 Å². The van der Waals surface area contributed by atoms with E-state index < -0.39 is 0 Å². The largest absolute Gasteiger partial charge is 0.395 e. The summed E-state index contributed by atoms with van der Waals surface area (Å²) in [5.41, 5.74) is 2.98. The van der Waals surface area contributed by atoms with Gasteiger partial charge in [-0.2, -0.15) is 0 Å². The summed E-state index contributed by atoms with van der Waals surface area (Å²) in [4.78, 5) is 2.52. The van der Waals surface area contributed by atoms with Crippen LogP contribution in [-0.4, -0.2) is 41.8 Å². The summed E-state index contributed by atoms with van der Waals surface area (Å²) in [5, 5.41) is 12.9. The van der Waals surface area contributed by atoms with Gasteiger partial charge in [0.2, 0.25) is 0 Å². The van der Waals surface area contributed by atoms with Crippen LogP contribution in [0.2, 0.25) is 0 Å². The van der Waals surface area contributed by atoms with Crippen molar-refractivity contribution in [1.82, 2.24) is 10.2 Å². The third kappa shape index (κ3) is 4.58. The third-order valence-corrected chi connectivity index (χ3v) is 4.02. The molecule has 0 saturated carbocycles. The Morgan fingerprint density at radius 3 is 2.70 bits per heavy atom. The molecule has 1 aliphatic rings. The van der Waals surface area contributed by atoms with E-state index in [4.69, 9.17) is 0 Å². The Kier molecular flexibility index (Phi) is 6.02. The standard InChI is InChI=1S/C17H28N2O/c1-14(2)18-17(13-20)9-11-19-10-5-8-15-6-3-4-7-16(15)12-19/h3-4,6-7,14,17-18,20H,5,8-13H2,1-2H3. The molecule has 0 fully saturated rings.